The first-order valence-corrected chi connectivity index (χ1v) is 11.6. The second kappa shape index (κ2) is 9.50. The van der Waals surface area contributed by atoms with Gasteiger partial charge in [-0.2, -0.15) is 0 Å². The number of carbonyl (C=O) groups is 2. The van der Waals surface area contributed by atoms with Gasteiger partial charge in [0.25, 0.3) is 11.8 Å². The fourth-order valence-corrected chi connectivity index (χ4v) is 4.83. The minimum Gasteiger partial charge on any atom is -0.496 e. The number of para-hydroxylation sites is 3. The molecule has 0 saturated heterocycles. The first-order valence-electron chi connectivity index (χ1n) is 11.6. The van der Waals surface area contributed by atoms with Crippen LogP contribution in [0.5, 0.6) is 5.75 Å². The number of hydrogen-bond acceptors (Lipinski definition) is 4. The number of hydrogen-bond donors (Lipinski definition) is 0. The summed E-state index contributed by atoms with van der Waals surface area (Å²) in [5.41, 5.74) is 2.93. The van der Waals surface area contributed by atoms with Crippen molar-refractivity contribution in [2.45, 2.75) is 25.4 Å². The number of nitrogens with zero attached hydrogens (tertiary/aromatic N) is 2. The molecule has 6 nitrogen and oxygen atoms in total. The third kappa shape index (κ3) is 4.08. The van der Waals surface area contributed by atoms with E-state index in [1.54, 1.807) is 36.3 Å². The Bertz CT molecular complexity index is 1330. The zero-order valence-electron chi connectivity index (χ0n) is 19.6. The van der Waals surface area contributed by atoms with Crippen LogP contribution in [0.2, 0.25) is 0 Å². The Balaban J connectivity index is 1.63. The number of fused-ring (bicyclic) bond motifs is 1. The van der Waals surface area contributed by atoms with E-state index in [-0.39, 0.29) is 29.7 Å². The third-order valence-electron chi connectivity index (χ3n) is 6.41. The molecule has 0 radical (unpaired) electrons. The van der Waals surface area contributed by atoms with Crippen molar-refractivity contribution in [2.75, 3.05) is 16.9 Å². The van der Waals surface area contributed by atoms with E-state index in [1.807, 2.05) is 78.6 Å². The smallest absolute Gasteiger partial charge is 0.294 e. The molecule has 0 saturated carbocycles. The third-order valence-corrected chi connectivity index (χ3v) is 6.41. The van der Waals surface area contributed by atoms with E-state index >= 15 is 0 Å². The van der Waals surface area contributed by atoms with Gasteiger partial charge in [0.1, 0.15) is 5.75 Å². The van der Waals surface area contributed by atoms with Crippen molar-refractivity contribution < 1.29 is 18.7 Å². The number of amides is 2. The Hall–Kier alpha value is -4.32. The normalized spacial score (nSPS) is 16.9. The zero-order chi connectivity index (χ0) is 24.4. The van der Waals surface area contributed by atoms with Crippen LogP contribution in [0, 0.1) is 0 Å². The van der Waals surface area contributed by atoms with Gasteiger partial charge in [-0.25, -0.2) is 0 Å². The van der Waals surface area contributed by atoms with Gasteiger partial charge in [0.05, 0.1) is 25.0 Å². The van der Waals surface area contributed by atoms with Crippen molar-refractivity contribution >= 4 is 23.2 Å². The van der Waals surface area contributed by atoms with Crippen LogP contribution in [0.25, 0.3) is 0 Å². The standard InChI is InChI=1S/C29H26N2O4/c1-20-19-25(22-13-6-8-15-24(22)30(20)29(33)27-17-10-18-35-27)31(21-11-4-3-5-12-21)28(32)23-14-7-9-16-26(23)34-2/h3-18,20,25H,19H2,1-2H3/t20-,25+/m1/s1. The lowest BCUT2D eigenvalue weighted by Gasteiger charge is -2.43. The lowest BCUT2D eigenvalue weighted by molar-refractivity contribution is 0.0944. The van der Waals surface area contributed by atoms with Crippen molar-refractivity contribution in [3.05, 3.63) is 114 Å². The van der Waals surface area contributed by atoms with E-state index in [4.69, 9.17) is 9.15 Å². The quantitative estimate of drug-likeness (QED) is 0.356. The summed E-state index contributed by atoms with van der Waals surface area (Å²) in [6.45, 7) is 2.00. The van der Waals surface area contributed by atoms with E-state index in [2.05, 4.69) is 0 Å². The maximum atomic E-state index is 14.1. The highest BCUT2D eigenvalue weighted by Crippen LogP contribution is 2.43. The number of methoxy groups -OCH3 is 1. The molecule has 5 rings (SSSR count). The minimum absolute atomic E-state index is 0.161. The minimum atomic E-state index is -0.290. The SMILES string of the molecule is COc1ccccc1C(=O)N(c1ccccc1)[C@H]1C[C@@H](C)N(C(=O)c2ccco2)c2ccccc21. The highest BCUT2D eigenvalue weighted by Gasteiger charge is 2.40. The van der Waals surface area contributed by atoms with Gasteiger partial charge in [-0.15, -0.1) is 0 Å². The predicted octanol–water partition coefficient (Wildman–Crippen LogP) is 6.12. The predicted molar refractivity (Wildman–Crippen MR) is 135 cm³/mol. The van der Waals surface area contributed by atoms with Crippen LogP contribution in [-0.4, -0.2) is 25.0 Å². The fraction of sp³-hybridized carbons (Fsp3) is 0.172. The van der Waals surface area contributed by atoms with Gasteiger partial charge in [-0.3, -0.25) is 9.59 Å². The van der Waals surface area contributed by atoms with E-state index in [0.29, 0.717) is 17.7 Å². The van der Waals surface area contributed by atoms with Crippen molar-refractivity contribution in [3.8, 4) is 5.75 Å². The molecule has 35 heavy (non-hydrogen) atoms. The topological polar surface area (TPSA) is 63.0 Å². The van der Waals surface area contributed by atoms with Gasteiger partial charge in [0.2, 0.25) is 0 Å². The van der Waals surface area contributed by atoms with Gasteiger partial charge in [0.15, 0.2) is 5.76 Å². The van der Waals surface area contributed by atoms with Crippen LogP contribution in [-0.2, 0) is 0 Å². The Morgan fingerprint density at radius 3 is 2.37 bits per heavy atom. The number of benzene rings is 3. The molecule has 0 fully saturated rings. The van der Waals surface area contributed by atoms with Crippen LogP contribution in [0.15, 0.2) is 102 Å². The fourth-order valence-electron chi connectivity index (χ4n) is 4.83. The maximum Gasteiger partial charge on any atom is 0.294 e. The van der Waals surface area contributed by atoms with Gasteiger partial charge >= 0.3 is 0 Å². The maximum absolute atomic E-state index is 14.1. The number of rotatable bonds is 5. The summed E-state index contributed by atoms with van der Waals surface area (Å²) in [5.74, 6) is 0.447. The van der Waals surface area contributed by atoms with Crippen LogP contribution >= 0.6 is 0 Å². The summed E-state index contributed by atoms with van der Waals surface area (Å²) in [5, 5.41) is 0. The summed E-state index contributed by atoms with van der Waals surface area (Å²) >= 11 is 0. The first-order chi connectivity index (χ1) is 17.1. The monoisotopic (exact) mass is 466 g/mol. The van der Waals surface area contributed by atoms with Crippen molar-refractivity contribution in [1.29, 1.82) is 0 Å². The van der Waals surface area contributed by atoms with Gasteiger partial charge in [-0.1, -0.05) is 48.5 Å². The van der Waals surface area contributed by atoms with Gasteiger partial charge in [-0.05, 0) is 61.4 Å². The highest BCUT2D eigenvalue weighted by molar-refractivity contribution is 6.09. The average molecular weight is 467 g/mol. The summed E-state index contributed by atoms with van der Waals surface area (Å²) in [4.78, 5) is 31.0. The first kappa shape index (κ1) is 22.5. The average Bonchev–Trinajstić information content (AvgIpc) is 3.44. The number of carbonyl (C=O) groups excluding carboxylic acids is 2. The molecule has 2 atom stereocenters. The van der Waals surface area contributed by atoms with Gasteiger partial charge in [0, 0.05) is 17.4 Å². The largest absolute Gasteiger partial charge is 0.496 e. The van der Waals surface area contributed by atoms with Crippen molar-refractivity contribution in [2.24, 2.45) is 0 Å². The molecule has 2 amide bonds. The van der Waals surface area contributed by atoms with Crippen LogP contribution in [0.1, 0.15) is 45.9 Å². The van der Waals surface area contributed by atoms with E-state index in [9.17, 15) is 9.59 Å². The molecule has 176 valence electrons. The second-order valence-corrected chi connectivity index (χ2v) is 8.52. The summed E-state index contributed by atoms with van der Waals surface area (Å²) in [6, 6.07) is 27.5. The van der Waals surface area contributed by atoms with E-state index in [0.717, 1.165) is 16.9 Å². The molecule has 2 heterocycles. The van der Waals surface area contributed by atoms with E-state index < -0.39 is 0 Å². The Morgan fingerprint density at radius 1 is 0.914 bits per heavy atom. The molecule has 1 aromatic heterocycles. The Kier molecular flexibility index (Phi) is 6.10. The lowest BCUT2D eigenvalue weighted by Crippen LogP contribution is -2.47. The molecule has 0 aliphatic carbocycles. The molecule has 1 aliphatic heterocycles. The highest BCUT2D eigenvalue weighted by atomic mass is 16.5. The number of ether oxygens (including phenoxy) is 1. The molecule has 0 N–H and O–H groups in total. The Labute approximate surface area is 204 Å². The molecule has 4 aromatic rings. The van der Waals surface area contributed by atoms with Crippen LogP contribution < -0.4 is 14.5 Å². The summed E-state index contributed by atoms with van der Waals surface area (Å²) in [6.07, 6.45) is 2.05. The molecule has 6 heteroatoms. The summed E-state index contributed by atoms with van der Waals surface area (Å²) in [7, 11) is 1.56. The molecule has 0 spiro atoms. The van der Waals surface area contributed by atoms with Gasteiger partial charge < -0.3 is 19.0 Å². The molecular weight excluding hydrogens is 440 g/mol. The van der Waals surface area contributed by atoms with Crippen molar-refractivity contribution in [1.82, 2.24) is 0 Å². The Morgan fingerprint density at radius 2 is 1.63 bits per heavy atom. The molecule has 1 aliphatic rings. The van der Waals surface area contributed by atoms with Crippen LogP contribution in [0.4, 0.5) is 11.4 Å². The van der Waals surface area contributed by atoms with Crippen LogP contribution in [0.3, 0.4) is 0 Å². The zero-order valence-corrected chi connectivity index (χ0v) is 19.6. The molecule has 3 aromatic carbocycles. The molecular formula is C29H26N2O4. The number of furan rings is 1. The van der Waals surface area contributed by atoms with E-state index in [1.165, 1.54) is 6.26 Å². The second-order valence-electron chi connectivity index (χ2n) is 8.52. The lowest BCUT2D eigenvalue weighted by atomic mass is 9.89. The molecule has 0 unspecified atom stereocenters. The number of anilines is 2. The van der Waals surface area contributed by atoms with Crippen molar-refractivity contribution in [3.63, 3.8) is 0 Å². The molecule has 0 bridgehead atoms. The summed E-state index contributed by atoms with van der Waals surface area (Å²) < 4.78 is 10.9.